The fraction of sp³-hybridized carbons (Fsp3) is 0.120. The van der Waals surface area contributed by atoms with E-state index in [0.717, 1.165) is 44.0 Å². The van der Waals surface area contributed by atoms with Crippen LogP contribution in [0, 0.1) is 5.82 Å². The average molecular weight is 444 g/mol. The number of hydrogen-bond acceptors (Lipinski definition) is 6. The monoisotopic (exact) mass is 443 g/mol. The fourth-order valence-electron chi connectivity index (χ4n) is 3.90. The van der Waals surface area contributed by atoms with E-state index in [0.29, 0.717) is 18.8 Å². The van der Waals surface area contributed by atoms with E-state index in [4.69, 9.17) is 19.4 Å². The van der Waals surface area contributed by atoms with E-state index in [1.54, 1.807) is 23.5 Å². The van der Waals surface area contributed by atoms with Crippen molar-refractivity contribution >= 4 is 32.5 Å². The minimum atomic E-state index is -0.270. The Morgan fingerprint density at radius 1 is 0.875 bits per heavy atom. The molecule has 0 unspecified atom stereocenters. The van der Waals surface area contributed by atoms with E-state index in [1.165, 1.54) is 16.8 Å². The van der Waals surface area contributed by atoms with Gasteiger partial charge in [0.15, 0.2) is 11.5 Å². The van der Waals surface area contributed by atoms with Gasteiger partial charge >= 0.3 is 0 Å². The lowest BCUT2D eigenvalue weighted by Gasteiger charge is -2.12. The molecule has 5 nitrogen and oxygen atoms in total. The Bertz CT molecular complexity index is 1420. The van der Waals surface area contributed by atoms with Crippen molar-refractivity contribution in [2.75, 3.05) is 6.79 Å². The lowest BCUT2D eigenvalue weighted by Crippen LogP contribution is -2.13. The maximum absolute atomic E-state index is 13.5. The van der Waals surface area contributed by atoms with Crippen molar-refractivity contribution in [1.29, 1.82) is 0 Å². The molecule has 0 amide bonds. The van der Waals surface area contributed by atoms with Crippen LogP contribution in [0.25, 0.3) is 32.4 Å². The number of nitrogens with zero attached hydrogens (tertiary/aromatic N) is 2. The number of thiazole rings is 1. The van der Waals surface area contributed by atoms with Crippen LogP contribution in [0.15, 0.2) is 66.7 Å². The summed E-state index contributed by atoms with van der Waals surface area (Å²) in [5.41, 5.74) is 4.52. The van der Waals surface area contributed by atoms with Gasteiger partial charge in [-0.1, -0.05) is 12.1 Å². The highest BCUT2D eigenvalue weighted by Crippen LogP contribution is 2.37. The normalized spacial score (nSPS) is 12.7. The number of hydrogen-bond donors (Lipinski definition) is 1. The fourth-order valence-corrected chi connectivity index (χ4v) is 4.84. The van der Waals surface area contributed by atoms with Gasteiger partial charge in [0, 0.05) is 30.1 Å². The second kappa shape index (κ2) is 7.85. The molecule has 3 heterocycles. The van der Waals surface area contributed by atoms with Crippen LogP contribution in [0.1, 0.15) is 10.6 Å². The summed E-state index contributed by atoms with van der Waals surface area (Å²) in [6.45, 7) is 1.47. The van der Waals surface area contributed by atoms with Crippen LogP contribution in [0.3, 0.4) is 0 Å². The summed E-state index contributed by atoms with van der Waals surface area (Å²) >= 11 is 1.69. The molecule has 32 heavy (non-hydrogen) atoms. The summed E-state index contributed by atoms with van der Waals surface area (Å²) in [4.78, 5) is 9.59. The standard InChI is InChI=1S/C25H18FN3O2S/c26-18-7-5-15(6-8-18)25-17(9-16-10-21-22(31-14-30-21)11-20(16)29-25)12-27-13-24-28-19-3-1-2-4-23(19)32-24/h1-11,27H,12-14H2. The Labute approximate surface area is 187 Å². The van der Waals surface area contributed by atoms with Crippen molar-refractivity contribution in [2.45, 2.75) is 13.1 Å². The number of para-hydroxylation sites is 1. The number of nitrogens with one attached hydrogen (secondary N) is 1. The van der Waals surface area contributed by atoms with Gasteiger partial charge in [0.1, 0.15) is 10.8 Å². The van der Waals surface area contributed by atoms with Crippen molar-refractivity contribution in [3.05, 3.63) is 83.1 Å². The zero-order chi connectivity index (χ0) is 21.5. The number of aromatic nitrogens is 2. The molecule has 0 spiro atoms. The van der Waals surface area contributed by atoms with Crippen molar-refractivity contribution < 1.29 is 13.9 Å². The number of ether oxygens (including phenoxy) is 2. The maximum Gasteiger partial charge on any atom is 0.231 e. The van der Waals surface area contributed by atoms with E-state index in [-0.39, 0.29) is 12.6 Å². The van der Waals surface area contributed by atoms with Gasteiger partial charge in [0.05, 0.1) is 21.4 Å². The highest BCUT2D eigenvalue weighted by atomic mass is 32.1. The van der Waals surface area contributed by atoms with E-state index < -0.39 is 0 Å². The lowest BCUT2D eigenvalue weighted by atomic mass is 10.0. The van der Waals surface area contributed by atoms with Gasteiger partial charge in [-0.2, -0.15) is 0 Å². The van der Waals surface area contributed by atoms with Crippen molar-refractivity contribution in [2.24, 2.45) is 0 Å². The van der Waals surface area contributed by atoms with Gasteiger partial charge < -0.3 is 14.8 Å². The second-order valence-corrected chi connectivity index (χ2v) is 8.70. The van der Waals surface area contributed by atoms with Gasteiger partial charge in [-0.3, -0.25) is 0 Å². The van der Waals surface area contributed by atoms with Gasteiger partial charge in [-0.15, -0.1) is 11.3 Å². The molecular weight excluding hydrogens is 425 g/mol. The molecule has 3 aromatic carbocycles. The summed E-state index contributed by atoms with van der Waals surface area (Å²) in [6, 6.07) is 20.5. The van der Waals surface area contributed by atoms with Crippen LogP contribution < -0.4 is 14.8 Å². The van der Waals surface area contributed by atoms with Crippen LogP contribution in [-0.4, -0.2) is 16.8 Å². The molecular formula is C25H18FN3O2S. The topological polar surface area (TPSA) is 56.3 Å². The third-order valence-electron chi connectivity index (χ3n) is 5.44. The Kier molecular flexibility index (Phi) is 4.70. The molecule has 0 radical (unpaired) electrons. The number of fused-ring (bicyclic) bond motifs is 3. The molecule has 6 rings (SSSR count). The zero-order valence-corrected chi connectivity index (χ0v) is 17.8. The van der Waals surface area contributed by atoms with Crippen LogP contribution in [-0.2, 0) is 13.1 Å². The van der Waals surface area contributed by atoms with Gasteiger partial charge in [-0.25, -0.2) is 14.4 Å². The smallest absolute Gasteiger partial charge is 0.231 e. The zero-order valence-electron chi connectivity index (χ0n) is 17.0. The number of pyridine rings is 1. The third-order valence-corrected chi connectivity index (χ3v) is 6.47. The van der Waals surface area contributed by atoms with Crippen LogP contribution in [0.5, 0.6) is 11.5 Å². The van der Waals surface area contributed by atoms with Crippen LogP contribution in [0.4, 0.5) is 4.39 Å². The lowest BCUT2D eigenvalue weighted by molar-refractivity contribution is 0.174. The molecule has 0 aliphatic carbocycles. The molecule has 1 N–H and O–H groups in total. The first-order chi connectivity index (χ1) is 15.7. The largest absolute Gasteiger partial charge is 0.454 e. The van der Waals surface area contributed by atoms with E-state index in [9.17, 15) is 4.39 Å². The Balaban J connectivity index is 1.34. The molecule has 2 aromatic heterocycles. The van der Waals surface area contributed by atoms with Crippen LogP contribution in [0.2, 0.25) is 0 Å². The summed E-state index contributed by atoms with van der Waals surface area (Å²) in [7, 11) is 0. The molecule has 0 bridgehead atoms. The van der Waals surface area contributed by atoms with Crippen molar-refractivity contribution in [3.63, 3.8) is 0 Å². The highest BCUT2D eigenvalue weighted by Gasteiger charge is 2.17. The molecule has 0 saturated carbocycles. The molecule has 1 aliphatic rings. The predicted octanol–water partition coefficient (Wildman–Crippen LogP) is 5.67. The summed E-state index contributed by atoms with van der Waals surface area (Å²) in [6.07, 6.45) is 0. The molecule has 0 atom stereocenters. The van der Waals surface area contributed by atoms with Crippen molar-refractivity contribution in [1.82, 2.24) is 15.3 Å². The first kappa shape index (κ1) is 19.2. The third kappa shape index (κ3) is 3.55. The molecule has 0 fully saturated rings. The maximum atomic E-state index is 13.5. The molecule has 158 valence electrons. The van der Waals surface area contributed by atoms with E-state index in [2.05, 4.69) is 17.4 Å². The summed E-state index contributed by atoms with van der Waals surface area (Å²) in [5.74, 6) is 1.15. The summed E-state index contributed by atoms with van der Waals surface area (Å²) < 4.78 is 25.7. The first-order valence-corrected chi connectivity index (χ1v) is 11.1. The molecule has 5 aromatic rings. The predicted molar refractivity (Wildman–Crippen MR) is 123 cm³/mol. The molecule has 1 aliphatic heterocycles. The molecule has 0 saturated heterocycles. The first-order valence-electron chi connectivity index (χ1n) is 10.3. The Morgan fingerprint density at radius 3 is 2.53 bits per heavy atom. The quantitative estimate of drug-likeness (QED) is 0.379. The molecule has 7 heteroatoms. The Morgan fingerprint density at radius 2 is 1.69 bits per heavy atom. The number of rotatable bonds is 5. The highest BCUT2D eigenvalue weighted by molar-refractivity contribution is 7.18. The average Bonchev–Trinajstić information content (AvgIpc) is 3.43. The minimum Gasteiger partial charge on any atom is -0.454 e. The van der Waals surface area contributed by atoms with Gasteiger partial charge in [0.25, 0.3) is 0 Å². The van der Waals surface area contributed by atoms with Gasteiger partial charge in [-0.05, 0) is 54.1 Å². The van der Waals surface area contributed by atoms with E-state index >= 15 is 0 Å². The Hall–Kier alpha value is -3.55. The van der Waals surface area contributed by atoms with Crippen molar-refractivity contribution in [3.8, 4) is 22.8 Å². The van der Waals surface area contributed by atoms with E-state index in [1.807, 2.05) is 30.3 Å². The SMILES string of the molecule is Fc1ccc(-c2nc3cc4c(cc3cc2CNCc2nc3ccccc3s2)OCO4)cc1. The number of benzene rings is 3. The summed E-state index contributed by atoms with van der Waals surface area (Å²) in [5, 5.41) is 5.50. The number of halogens is 1. The van der Waals surface area contributed by atoms with Gasteiger partial charge in [0.2, 0.25) is 6.79 Å². The minimum absolute atomic E-state index is 0.215. The van der Waals surface area contributed by atoms with Crippen LogP contribution >= 0.6 is 11.3 Å². The second-order valence-electron chi connectivity index (χ2n) is 7.58.